The molecular formula is C16H22ClNO3. The van der Waals surface area contributed by atoms with Gasteiger partial charge in [0.05, 0.1) is 7.11 Å². The summed E-state index contributed by atoms with van der Waals surface area (Å²) in [5.74, 6) is -0.125. The van der Waals surface area contributed by atoms with E-state index in [0.717, 1.165) is 24.8 Å². The molecule has 116 valence electrons. The Morgan fingerprint density at radius 3 is 2.48 bits per heavy atom. The lowest BCUT2D eigenvalue weighted by atomic mass is 10.1. The minimum Gasteiger partial charge on any atom is -0.469 e. The van der Waals surface area contributed by atoms with Crippen LogP contribution < -0.4 is 5.32 Å². The van der Waals surface area contributed by atoms with Gasteiger partial charge in [0, 0.05) is 24.4 Å². The van der Waals surface area contributed by atoms with Gasteiger partial charge in [-0.05, 0) is 37.0 Å². The zero-order valence-corrected chi connectivity index (χ0v) is 13.1. The molecule has 0 heterocycles. The van der Waals surface area contributed by atoms with Gasteiger partial charge in [-0.3, -0.25) is 9.59 Å². The Balaban J connectivity index is 2.04. The minimum absolute atomic E-state index is 0.0536. The van der Waals surface area contributed by atoms with E-state index in [9.17, 15) is 9.59 Å². The monoisotopic (exact) mass is 311 g/mol. The van der Waals surface area contributed by atoms with E-state index in [1.165, 1.54) is 7.11 Å². The zero-order chi connectivity index (χ0) is 15.5. The average Bonchev–Trinajstić information content (AvgIpc) is 2.49. The fourth-order valence-corrected chi connectivity index (χ4v) is 2.02. The normalized spacial score (nSPS) is 10.2. The van der Waals surface area contributed by atoms with E-state index >= 15 is 0 Å². The van der Waals surface area contributed by atoms with Crippen molar-refractivity contribution in [2.45, 2.75) is 38.5 Å². The first-order valence-electron chi connectivity index (χ1n) is 7.20. The Labute approximate surface area is 130 Å². The lowest BCUT2D eigenvalue weighted by Gasteiger charge is -2.05. The van der Waals surface area contributed by atoms with Crippen molar-refractivity contribution in [1.82, 2.24) is 5.32 Å². The maximum atomic E-state index is 11.7. The molecule has 0 saturated carbocycles. The maximum absolute atomic E-state index is 11.7. The summed E-state index contributed by atoms with van der Waals surface area (Å²) in [6.45, 7) is 0.653. The van der Waals surface area contributed by atoms with Crippen molar-refractivity contribution < 1.29 is 14.3 Å². The molecule has 1 amide bonds. The maximum Gasteiger partial charge on any atom is 0.305 e. The molecule has 0 atom stereocenters. The Hall–Kier alpha value is -1.55. The number of methoxy groups -OCH3 is 1. The van der Waals surface area contributed by atoms with Crippen molar-refractivity contribution in [3.63, 3.8) is 0 Å². The number of esters is 1. The van der Waals surface area contributed by atoms with Gasteiger partial charge in [-0.1, -0.05) is 30.2 Å². The highest BCUT2D eigenvalue weighted by atomic mass is 35.5. The molecule has 0 bridgehead atoms. The summed E-state index contributed by atoms with van der Waals surface area (Å²) in [7, 11) is 1.39. The van der Waals surface area contributed by atoms with Gasteiger partial charge in [-0.15, -0.1) is 0 Å². The molecule has 4 nitrogen and oxygen atoms in total. The van der Waals surface area contributed by atoms with Crippen LogP contribution in [-0.4, -0.2) is 25.5 Å². The molecule has 21 heavy (non-hydrogen) atoms. The van der Waals surface area contributed by atoms with Crippen LogP contribution in [-0.2, 0) is 20.7 Å². The molecule has 0 saturated heterocycles. The molecule has 1 aromatic rings. The minimum atomic E-state index is -0.179. The molecule has 0 fully saturated rings. The van der Waals surface area contributed by atoms with E-state index in [-0.39, 0.29) is 11.9 Å². The molecule has 0 aliphatic heterocycles. The van der Waals surface area contributed by atoms with Gasteiger partial charge in [-0.25, -0.2) is 0 Å². The molecular weight excluding hydrogens is 290 g/mol. The second kappa shape index (κ2) is 10.2. The lowest BCUT2D eigenvalue weighted by Crippen LogP contribution is -2.24. The zero-order valence-electron chi connectivity index (χ0n) is 12.4. The van der Waals surface area contributed by atoms with Gasteiger partial charge in [-0.2, -0.15) is 0 Å². The van der Waals surface area contributed by atoms with Crippen LogP contribution in [0.3, 0.4) is 0 Å². The number of amides is 1. The Morgan fingerprint density at radius 1 is 1.10 bits per heavy atom. The van der Waals surface area contributed by atoms with Crippen LogP contribution in [0.5, 0.6) is 0 Å². The van der Waals surface area contributed by atoms with Crippen LogP contribution in [0.2, 0.25) is 5.02 Å². The number of hydrogen-bond acceptors (Lipinski definition) is 3. The lowest BCUT2D eigenvalue weighted by molar-refractivity contribution is -0.140. The van der Waals surface area contributed by atoms with Gasteiger partial charge >= 0.3 is 5.97 Å². The quantitative estimate of drug-likeness (QED) is 0.563. The third-order valence-electron chi connectivity index (χ3n) is 3.16. The van der Waals surface area contributed by atoms with Crippen LogP contribution in [0.25, 0.3) is 0 Å². The number of carbonyl (C=O) groups excluding carboxylic acids is 2. The molecule has 0 aromatic heterocycles. The number of benzene rings is 1. The number of rotatable bonds is 9. The van der Waals surface area contributed by atoms with Crippen molar-refractivity contribution in [2.75, 3.05) is 13.7 Å². The second-order valence-electron chi connectivity index (χ2n) is 4.86. The average molecular weight is 312 g/mol. The van der Waals surface area contributed by atoms with Crippen LogP contribution in [0.4, 0.5) is 0 Å². The molecule has 1 N–H and O–H groups in total. The molecule has 5 heteroatoms. The first-order chi connectivity index (χ1) is 10.1. The number of ether oxygens (including phenoxy) is 1. The van der Waals surface area contributed by atoms with Crippen LogP contribution in [0.15, 0.2) is 24.3 Å². The van der Waals surface area contributed by atoms with Crippen molar-refractivity contribution in [1.29, 1.82) is 0 Å². The van der Waals surface area contributed by atoms with Crippen molar-refractivity contribution in [3.8, 4) is 0 Å². The van der Waals surface area contributed by atoms with Crippen molar-refractivity contribution in [2.24, 2.45) is 0 Å². The van der Waals surface area contributed by atoms with E-state index in [4.69, 9.17) is 11.6 Å². The number of halogens is 1. The second-order valence-corrected chi connectivity index (χ2v) is 5.30. The number of carbonyl (C=O) groups is 2. The van der Waals surface area contributed by atoms with Gasteiger partial charge in [0.1, 0.15) is 0 Å². The highest BCUT2D eigenvalue weighted by molar-refractivity contribution is 6.30. The van der Waals surface area contributed by atoms with E-state index < -0.39 is 0 Å². The summed E-state index contributed by atoms with van der Waals surface area (Å²) >= 11 is 5.81. The van der Waals surface area contributed by atoms with Crippen molar-refractivity contribution >= 4 is 23.5 Å². The van der Waals surface area contributed by atoms with Gasteiger partial charge in [0.2, 0.25) is 5.91 Å². The van der Waals surface area contributed by atoms with Crippen molar-refractivity contribution in [3.05, 3.63) is 34.9 Å². The standard InChI is InChI=1S/C16H22ClNO3/c1-21-16(20)5-3-2-4-12-18-15(19)11-8-13-6-9-14(17)10-7-13/h6-7,9-10H,2-5,8,11-12H2,1H3,(H,18,19). The Kier molecular flexibility index (Phi) is 8.51. The SMILES string of the molecule is COC(=O)CCCCCNC(=O)CCc1ccc(Cl)cc1. The molecule has 1 rings (SSSR count). The summed E-state index contributed by atoms with van der Waals surface area (Å²) in [6.07, 6.45) is 4.22. The van der Waals surface area contributed by atoms with Gasteiger partial charge < -0.3 is 10.1 Å². The molecule has 0 spiro atoms. The van der Waals surface area contributed by atoms with E-state index in [1.54, 1.807) is 0 Å². The Bertz CT molecular complexity index is 445. The van der Waals surface area contributed by atoms with Crippen LogP contribution in [0, 0.1) is 0 Å². The summed E-state index contributed by atoms with van der Waals surface area (Å²) < 4.78 is 4.56. The number of unbranched alkanes of at least 4 members (excludes halogenated alkanes) is 2. The van der Waals surface area contributed by atoms with Gasteiger partial charge in [0.25, 0.3) is 0 Å². The fourth-order valence-electron chi connectivity index (χ4n) is 1.90. The number of nitrogens with one attached hydrogen (secondary N) is 1. The number of aryl methyl sites for hydroxylation is 1. The molecule has 0 unspecified atom stereocenters. The summed E-state index contributed by atoms with van der Waals surface area (Å²) in [6, 6.07) is 7.52. The van der Waals surface area contributed by atoms with E-state index in [2.05, 4.69) is 10.1 Å². The summed E-state index contributed by atoms with van der Waals surface area (Å²) in [5, 5.41) is 3.59. The van der Waals surface area contributed by atoms with Crippen LogP contribution >= 0.6 is 11.6 Å². The smallest absolute Gasteiger partial charge is 0.305 e. The third-order valence-corrected chi connectivity index (χ3v) is 3.41. The van der Waals surface area contributed by atoms with Crippen LogP contribution in [0.1, 0.15) is 37.7 Å². The molecule has 0 radical (unpaired) electrons. The topological polar surface area (TPSA) is 55.4 Å². The predicted octanol–water partition coefficient (Wildman–Crippen LogP) is 3.12. The highest BCUT2D eigenvalue weighted by Crippen LogP contribution is 2.10. The Morgan fingerprint density at radius 2 is 1.81 bits per heavy atom. The van der Waals surface area contributed by atoms with Gasteiger partial charge in [0.15, 0.2) is 0 Å². The first kappa shape index (κ1) is 17.5. The first-order valence-corrected chi connectivity index (χ1v) is 7.57. The summed E-state index contributed by atoms with van der Waals surface area (Å²) in [5.41, 5.74) is 1.10. The largest absolute Gasteiger partial charge is 0.469 e. The molecule has 0 aliphatic carbocycles. The number of hydrogen-bond donors (Lipinski definition) is 1. The molecule has 0 aliphatic rings. The fraction of sp³-hybridized carbons (Fsp3) is 0.500. The molecule has 1 aromatic carbocycles. The summed E-state index contributed by atoms with van der Waals surface area (Å²) in [4.78, 5) is 22.6. The highest BCUT2D eigenvalue weighted by Gasteiger charge is 2.03. The third kappa shape index (κ3) is 8.35. The van der Waals surface area contributed by atoms with E-state index in [0.29, 0.717) is 30.8 Å². The predicted molar refractivity (Wildman–Crippen MR) is 83.3 cm³/mol. The van der Waals surface area contributed by atoms with E-state index in [1.807, 2.05) is 24.3 Å².